The summed E-state index contributed by atoms with van der Waals surface area (Å²) in [7, 11) is 1.65. The number of hydrogen-bond donors (Lipinski definition) is 1. The first kappa shape index (κ1) is 10.5. The van der Waals surface area contributed by atoms with Crippen molar-refractivity contribution in [3.63, 3.8) is 0 Å². The molecule has 2 rings (SSSR count). The van der Waals surface area contributed by atoms with Crippen LogP contribution in [0.15, 0.2) is 30.5 Å². The number of nitrogens with two attached hydrogens (primary N) is 1. The van der Waals surface area contributed by atoms with Crippen molar-refractivity contribution in [1.29, 1.82) is 0 Å². The van der Waals surface area contributed by atoms with E-state index in [2.05, 4.69) is 12.0 Å². The Morgan fingerprint density at radius 3 is 2.50 bits per heavy atom. The number of aryl methyl sites for hydroxylation is 1. The van der Waals surface area contributed by atoms with Gasteiger partial charge in [0.05, 0.1) is 19.0 Å². The summed E-state index contributed by atoms with van der Waals surface area (Å²) < 4.78 is 6.84. The smallest absolute Gasteiger partial charge is 0.130 e. The van der Waals surface area contributed by atoms with Gasteiger partial charge in [0.2, 0.25) is 0 Å². The van der Waals surface area contributed by atoms with Crippen LogP contribution in [0.4, 0.5) is 5.82 Å². The zero-order valence-corrected chi connectivity index (χ0v) is 9.47. The Balaban J connectivity index is 2.38. The minimum absolute atomic E-state index is 0.702. The Morgan fingerprint density at radius 2 is 2.00 bits per heavy atom. The van der Waals surface area contributed by atoms with E-state index < -0.39 is 0 Å². The van der Waals surface area contributed by atoms with Crippen LogP contribution < -0.4 is 10.5 Å². The summed E-state index contributed by atoms with van der Waals surface area (Å²) >= 11 is 0. The summed E-state index contributed by atoms with van der Waals surface area (Å²) in [6.07, 6.45) is 2.70. The molecule has 0 unspecified atom stereocenters. The molecule has 0 saturated carbocycles. The minimum atomic E-state index is 0.702. The molecule has 1 aromatic heterocycles. The van der Waals surface area contributed by atoms with Crippen LogP contribution in [0, 0.1) is 0 Å². The third-order valence-corrected chi connectivity index (χ3v) is 2.58. The van der Waals surface area contributed by atoms with E-state index >= 15 is 0 Å². The summed E-state index contributed by atoms with van der Waals surface area (Å²) in [6, 6.07) is 7.65. The highest BCUT2D eigenvalue weighted by Gasteiger charge is 2.07. The molecule has 16 heavy (non-hydrogen) atoms. The van der Waals surface area contributed by atoms with Gasteiger partial charge in [0, 0.05) is 5.56 Å². The van der Waals surface area contributed by atoms with Gasteiger partial charge in [-0.05, 0) is 30.7 Å². The van der Waals surface area contributed by atoms with Crippen molar-refractivity contribution in [2.45, 2.75) is 13.3 Å². The van der Waals surface area contributed by atoms with Gasteiger partial charge in [-0.1, -0.05) is 6.92 Å². The fraction of sp³-hybridized carbons (Fsp3) is 0.250. The second kappa shape index (κ2) is 4.26. The van der Waals surface area contributed by atoms with Crippen molar-refractivity contribution in [2.24, 2.45) is 0 Å². The van der Waals surface area contributed by atoms with Gasteiger partial charge in [0.15, 0.2) is 0 Å². The maximum Gasteiger partial charge on any atom is 0.130 e. The van der Waals surface area contributed by atoms with E-state index in [1.807, 2.05) is 24.3 Å². The molecule has 0 saturated heterocycles. The molecule has 2 aromatic rings. The number of ether oxygens (including phenoxy) is 1. The van der Waals surface area contributed by atoms with Gasteiger partial charge in [-0.2, -0.15) is 5.10 Å². The Labute approximate surface area is 94.6 Å². The van der Waals surface area contributed by atoms with Crippen LogP contribution in [-0.2, 0) is 6.42 Å². The zero-order valence-electron chi connectivity index (χ0n) is 9.47. The zero-order chi connectivity index (χ0) is 11.5. The molecule has 0 amide bonds. The molecule has 2 N–H and O–H groups in total. The minimum Gasteiger partial charge on any atom is -0.497 e. The van der Waals surface area contributed by atoms with Gasteiger partial charge in [0.1, 0.15) is 11.6 Å². The first-order chi connectivity index (χ1) is 7.76. The molecule has 0 fully saturated rings. The summed E-state index contributed by atoms with van der Waals surface area (Å²) in [4.78, 5) is 0. The molecule has 0 aliphatic rings. The van der Waals surface area contributed by atoms with Crippen LogP contribution in [0.3, 0.4) is 0 Å². The molecule has 0 radical (unpaired) electrons. The fourth-order valence-electron chi connectivity index (χ4n) is 1.59. The molecule has 1 heterocycles. The largest absolute Gasteiger partial charge is 0.497 e. The lowest BCUT2D eigenvalue weighted by molar-refractivity contribution is 0.414. The highest BCUT2D eigenvalue weighted by molar-refractivity contribution is 5.48. The van der Waals surface area contributed by atoms with E-state index in [1.54, 1.807) is 18.0 Å². The maximum absolute atomic E-state index is 5.99. The summed E-state index contributed by atoms with van der Waals surface area (Å²) in [5.74, 6) is 1.53. The first-order valence-electron chi connectivity index (χ1n) is 5.23. The SMILES string of the molecule is CCc1cnn(-c2ccc(OC)cc2)c1N. The molecule has 0 aliphatic carbocycles. The molecule has 84 valence electrons. The van der Waals surface area contributed by atoms with Crippen LogP contribution in [0.25, 0.3) is 5.69 Å². The van der Waals surface area contributed by atoms with Crippen LogP contribution in [-0.4, -0.2) is 16.9 Å². The molecular formula is C12H15N3O. The van der Waals surface area contributed by atoms with Crippen molar-refractivity contribution in [2.75, 3.05) is 12.8 Å². The highest BCUT2D eigenvalue weighted by Crippen LogP contribution is 2.19. The third kappa shape index (κ3) is 1.74. The van der Waals surface area contributed by atoms with E-state index in [-0.39, 0.29) is 0 Å². The third-order valence-electron chi connectivity index (χ3n) is 2.58. The highest BCUT2D eigenvalue weighted by atomic mass is 16.5. The number of aromatic nitrogens is 2. The quantitative estimate of drug-likeness (QED) is 0.855. The Kier molecular flexibility index (Phi) is 2.81. The van der Waals surface area contributed by atoms with Crippen molar-refractivity contribution in [1.82, 2.24) is 9.78 Å². The summed E-state index contributed by atoms with van der Waals surface area (Å²) in [6.45, 7) is 2.06. The standard InChI is InChI=1S/C12H15N3O/c1-3-9-8-14-15(12(9)13)10-4-6-11(16-2)7-5-10/h4-8H,3,13H2,1-2H3. The molecule has 0 aliphatic heterocycles. The fourth-order valence-corrected chi connectivity index (χ4v) is 1.59. The predicted octanol–water partition coefficient (Wildman–Crippen LogP) is 2.03. The monoisotopic (exact) mass is 217 g/mol. The van der Waals surface area contributed by atoms with Crippen LogP contribution in [0.2, 0.25) is 0 Å². The van der Waals surface area contributed by atoms with E-state index in [0.717, 1.165) is 23.4 Å². The topological polar surface area (TPSA) is 53.1 Å². The molecule has 0 atom stereocenters. The van der Waals surface area contributed by atoms with Crippen LogP contribution >= 0.6 is 0 Å². The number of hydrogen-bond acceptors (Lipinski definition) is 3. The number of anilines is 1. The number of nitrogen functional groups attached to an aromatic ring is 1. The van der Waals surface area contributed by atoms with E-state index in [0.29, 0.717) is 5.82 Å². The summed E-state index contributed by atoms with van der Waals surface area (Å²) in [5.41, 5.74) is 7.99. The van der Waals surface area contributed by atoms with Gasteiger partial charge >= 0.3 is 0 Å². The predicted molar refractivity (Wildman–Crippen MR) is 63.9 cm³/mol. The Bertz CT molecular complexity index is 474. The maximum atomic E-state index is 5.99. The van der Waals surface area contributed by atoms with E-state index in [1.165, 1.54) is 0 Å². The van der Waals surface area contributed by atoms with Gasteiger partial charge < -0.3 is 10.5 Å². The molecule has 1 aromatic carbocycles. The van der Waals surface area contributed by atoms with Gasteiger partial charge in [-0.3, -0.25) is 0 Å². The van der Waals surface area contributed by atoms with Crippen molar-refractivity contribution in [3.8, 4) is 11.4 Å². The van der Waals surface area contributed by atoms with E-state index in [9.17, 15) is 0 Å². The normalized spacial score (nSPS) is 10.4. The van der Waals surface area contributed by atoms with Crippen molar-refractivity contribution < 1.29 is 4.74 Å². The van der Waals surface area contributed by atoms with Crippen molar-refractivity contribution in [3.05, 3.63) is 36.0 Å². The summed E-state index contributed by atoms with van der Waals surface area (Å²) in [5, 5.41) is 4.26. The lowest BCUT2D eigenvalue weighted by Crippen LogP contribution is -2.02. The van der Waals surface area contributed by atoms with Crippen LogP contribution in [0.5, 0.6) is 5.75 Å². The number of rotatable bonds is 3. The number of nitrogens with zero attached hydrogens (tertiary/aromatic N) is 2. The lowest BCUT2D eigenvalue weighted by Gasteiger charge is -2.05. The second-order valence-corrected chi connectivity index (χ2v) is 3.52. The van der Waals surface area contributed by atoms with E-state index in [4.69, 9.17) is 10.5 Å². The molecule has 4 heteroatoms. The van der Waals surface area contributed by atoms with Crippen LogP contribution in [0.1, 0.15) is 12.5 Å². The number of benzene rings is 1. The lowest BCUT2D eigenvalue weighted by atomic mass is 10.2. The Hall–Kier alpha value is -1.97. The number of methoxy groups -OCH3 is 1. The molecule has 0 bridgehead atoms. The van der Waals surface area contributed by atoms with Gasteiger partial charge in [-0.25, -0.2) is 4.68 Å². The molecule has 0 spiro atoms. The van der Waals surface area contributed by atoms with Gasteiger partial charge in [0.25, 0.3) is 0 Å². The second-order valence-electron chi connectivity index (χ2n) is 3.52. The van der Waals surface area contributed by atoms with Gasteiger partial charge in [-0.15, -0.1) is 0 Å². The average Bonchev–Trinajstić information content (AvgIpc) is 2.70. The average molecular weight is 217 g/mol. The molecular weight excluding hydrogens is 202 g/mol. The Morgan fingerprint density at radius 1 is 1.31 bits per heavy atom. The van der Waals surface area contributed by atoms with Crippen molar-refractivity contribution >= 4 is 5.82 Å². The molecule has 4 nitrogen and oxygen atoms in total. The first-order valence-corrected chi connectivity index (χ1v) is 5.23.